The van der Waals surface area contributed by atoms with Gasteiger partial charge in [0, 0.05) is 11.3 Å². The molecule has 0 saturated carbocycles. The lowest BCUT2D eigenvalue weighted by atomic mass is 9.97. The summed E-state index contributed by atoms with van der Waals surface area (Å²) in [5.74, 6) is 0. The van der Waals surface area contributed by atoms with Gasteiger partial charge in [-0.3, -0.25) is 4.99 Å². The Kier molecular flexibility index (Phi) is 4.40. The molecule has 0 fully saturated rings. The summed E-state index contributed by atoms with van der Waals surface area (Å²) in [7, 11) is -0.489. The molecule has 1 heterocycles. The molecule has 0 aromatic heterocycles. The minimum atomic E-state index is -0.489. The molecule has 0 radical (unpaired) electrons. The van der Waals surface area contributed by atoms with Gasteiger partial charge in [-0.2, -0.15) is 0 Å². The summed E-state index contributed by atoms with van der Waals surface area (Å²) in [6, 6.07) is 17.6. The van der Waals surface area contributed by atoms with Crippen LogP contribution in [-0.2, 0) is 0 Å². The van der Waals surface area contributed by atoms with E-state index < -0.39 is 9.52 Å². The summed E-state index contributed by atoms with van der Waals surface area (Å²) in [5, 5.41) is 1.59. The van der Waals surface area contributed by atoms with Crippen molar-refractivity contribution >= 4 is 21.3 Å². The van der Waals surface area contributed by atoms with Crippen LogP contribution in [0.25, 0.3) is 17.2 Å². The van der Waals surface area contributed by atoms with Crippen LogP contribution in [0.5, 0.6) is 0 Å². The van der Waals surface area contributed by atoms with Crippen LogP contribution < -0.4 is 0 Å². The van der Waals surface area contributed by atoms with E-state index in [9.17, 15) is 0 Å². The second kappa shape index (κ2) is 6.96. The Hall–Kier alpha value is -2.71. The van der Waals surface area contributed by atoms with Crippen molar-refractivity contribution < 1.29 is 0 Å². The highest BCUT2D eigenvalue weighted by Crippen LogP contribution is 2.44. The Morgan fingerprint density at radius 1 is 0.897 bits per heavy atom. The van der Waals surface area contributed by atoms with Gasteiger partial charge >= 0.3 is 0 Å². The van der Waals surface area contributed by atoms with Crippen molar-refractivity contribution in [3.63, 3.8) is 0 Å². The zero-order valence-corrected chi connectivity index (χ0v) is 19.1. The largest absolute Gasteiger partial charge is 0.253 e. The van der Waals surface area contributed by atoms with E-state index in [1.54, 1.807) is 5.20 Å². The molecule has 0 bridgehead atoms. The van der Waals surface area contributed by atoms with Crippen molar-refractivity contribution in [1.82, 2.24) is 0 Å². The number of nitrogens with zero attached hydrogens (tertiary/aromatic N) is 1. The van der Waals surface area contributed by atoms with Crippen LogP contribution in [0.3, 0.4) is 0 Å². The van der Waals surface area contributed by atoms with Crippen LogP contribution in [0.1, 0.15) is 50.8 Å². The number of benzene rings is 2. The number of hydrogen-bond donors (Lipinski definition) is 0. The molecule has 3 aliphatic rings. The fourth-order valence-corrected chi connectivity index (χ4v) is 7.42. The second-order valence-electron chi connectivity index (χ2n) is 8.41. The highest BCUT2D eigenvalue weighted by Gasteiger charge is 2.31. The van der Waals surface area contributed by atoms with Crippen molar-refractivity contribution in [2.24, 2.45) is 4.99 Å². The standard InChI is InChI=1S/C27H27NSi/c1-5-23-17(3)26-18(4)25(15-24(26)28-23)29-27-16(2)14-22-20(12-9-13-21(22)27)19-10-7-6-8-11-19/h6-15,27H,5,29H2,1-4H3. The Bertz CT molecular complexity index is 1170. The van der Waals surface area contributed by atoms with Gasteiger partial charge in [-0.15, -0.1) is 0 Å². The van der Waals surface area contributed by atoms with Crippen LogP contribution in [0.2, 0.25) is 0 Å². The number of hydrogen-bond acceptors (Lipinski definition) is 1. The van der Waals surface area contributed by atoms with E-state index in [2.05, 4.69) is 88.4 Å². The van der Waals surface area contributed by atoms with Crippen LogP contribution in [0, 0.1) is 0 Å². The molecule has 1 atom stereocenters. The van der Waals surface area contributed by atoms with E-state index in [-0.39, 0.29) is 0 Å². The van der Waals surface area contributed by atoms with E-state index in [1.807, 2.05) is 0 Å². The van der Waals surface area contributed by atoms with Gasteiger partial charge in [0.1, 0.15) is 0 Å². The molecule has 29 heavy (non-hydrogen) atoms. The maximum absolute atomic E-state index is 4.91. The molecule has 0 spiro atoms. The third-order valence-electron chi connectivity index (χ3n) is 6.77. The van der Waals surface area contributed by atoms with E-state index in [4.69, 9.17) is 4.99 Å². The molecule has 1 nitrogen and oxygen atoms in total. The average Bonchev–Trinajstić information content (AvgIpc) is 3.34. The van der Waals surface area contributed by atoms with Crippen molar-refractivity contribution in [3.8, 4) is 11.1 Å². The molecule has 1 unspecified atom stereocenters. The first kappa shape index (κ1) is 18.3. The van der Waals surface area contributed by atoms with Crippen molar-refractivity contribution in [2.45, 2.75) is 39.7 Å². The normalized spacial score (nSPS) is 20.4. The highest BCUT2D eigenvalue weighted by atomic mass is 28.2. The summed E-state index contributed by atoms with van der Waals surface area (Å²) >= 11 is 0. The van der Waals surface area contributed by atoms with Crippen molar-refractivity contribution in [3.05, 3.63) is 98.9 Å². The van der Waals surface area contributed by atoms with Gasteiger partial charge in [0.05, 0.1) is 15.2 Å². The van der Waals surface area contributed by atoms with Gasteiger partial charge < -0.3 is 0 Å². The first-order valence-corrected chi connectivity index (χ1v) is 12.2. The minimum absolute atomic E-state index is 0.489. The van der Waals surface area contributed by atoms with Crippen LogP contribution in [-0.4, -0.2) is 15.2 Å². The number of allylic oxidation sites excluding steroid dienone is 5. The number of rotatable bonds is 4. The fourth-order valence-electron chi connectivity index (χ4n) is 5.17. The van der Waals surface area contributed by atoms with E-state index in [0.717, 1.165) is 6.42 Å². The van der Waals surface area contributed by atoms with Gasteiger partial charge in [-0.1, -0.05) is 72.3 Å². The minimum Gasteiger partial charge on any atom is -0.253 e. The van der Waals surface area contributed by atoms with Gasteiger partial charge in [0.25, 0.3) is 0 Å². The smallest absolute Gasteiger partial charge is 0.0710 e. The summed E-state index contributed by atoms with van der Waals surface area (Å²) in [6.45, 7) is 9.08. The Morgan fingerprint density at radius 2 is 1.69 bits per heavy atom. The third-order valence-corrected chi connectivity index (χ3v) is 9.43. The molecule has 144 valence electrons. The third kappa shape index (κ3) is 2.86. The first-order valence-electron chi connectivity index (χ1n) is 10.7. The van der Waals surface area contributed by atoms with E-state index >= 15 is 0 Å². The molecule has 2 aromatic rings. The quantitative estimate of drug-likeness (QED) is 0.538. The first-order chi connectivity index (χ1) is 14.1. The molecule has 5 rings (SSSR count). The van der Waals surface area contributed by atoms with Gasteiger partial charge in [-0.05, 0) is 72.2 Å². The van der Waals surface area contributed by atoms with Gasteiger partial charge in [0.15, 0.2) is 0 Å². The summed E-state index contributed by atoms with van der Waals surface area (Å²) in [5.41, 5.74) is 14.5. The summed E-state index contributed by atoms with van der Waals surface area (Å²) in [6.07, 6.45) is 5.86. The zero-order chi connectivity index (χ0) is 20.1. The summed E-state index contributed by atoms with van der Waals surface area (Å²) < 4.78 is 0. The monoisotopic (exact) mass is 393 g/mol. The van der Waals surface area contributed by atoms with Crippen molar-refractivity contribution in [2.75, 3.05) is 0 Å². The lowest BCUT2D eigenvalue weighted by molar-refractivity contribution is 1.12. The molecule has 2 heteroatoms. The molecular formula is C27H27NSi. The topological polar surface area (TPSA) is 12.4 Å². The zero-order valence-electron chi connectivity index (χ0n) is 17.7. The SMILES string of the molecule is CCC1=NC2=CC([SiH2]C3C(C)=Cc4c(-c5ccccc5)cccc43)=C(C)C2=C1C. The molecule has 0 saturated heterocycles. The Balaban J connectivity index is 1.51. The highest BCUT2D eigenvalue weighted by molar-refractivity contribution is 6.50. The Labute approximate surface area is 176 Å². The number of fused-ring (bicyclic) bond motifs is 2. The molecule has 2 aliphatic carbocycles. The van der Waals surface area contributed by atoms with Crippen LogP contribution in [0.4, 0.5) is 0 Å². The maximum atomic E-state index is 4.91. The molecule has 1 aliphatic heterocycles. The predicted molar refractivity (Wildman–Crippen MR) is 128 cm³/mol. The average molecular weight is 394 g/mol. The molecule has 2 aromatic carbocycles. The van der Waals surface area contributed by atoms with Crippen molar-refractivity contribution in [1.29, 1.82) is 0 Å². The Morgan fingerprint density at radius 3 is 2.41 bits per heavy atom. The fraction of sp³-hybridized carbons (Fsp3) is 0.222. The predicted octanol–water partition coefficient (Wildman–Crippen LogP) is 6.33. The van der Waals surface area contributed by atoms with Gasteiger partial charge in [-0.25, -0.2) is 0 Å². The second-order valence-corrected chi connectivity index (χ2v) is 10.4. The maximum Gasteiger partial charge on any atom is 0.0710 e. The van der Waals surface area contributed by atoms with E-state index in [1.165, 1.54) is 56.0 Å². The lowest BCUT2D eigenvalue weighted by Gasteiger charge is -2.16. The van der Waals surface area contributed by atoms with Crippen LogP contribution in [0.15, 0.2) is 92.8 Å². The van der Waals surface area contributed by atoms with Crippen LogP contribution >= 0.6 is 0 Å². The van der Waals surface area contributed by atoms with E-state index in [0.29, 0.717) is 5.54 Å². The molecular weight excluding hydrogens is 366 g/mol. The number of aliphatic imine (C=N–C) groups is 1. The summed E-state index contributed by atoms with van der Waals surface area (Å²) in [4.78, 5) is 4.91. The van der Waals surface area contributed by atoms with Gasteiger partial charge in [0.2, 0.25) is 0 Å². The lowest BCUT2D eigenvalue weighted by Crippen LogP contribution is -2.10. The molecule has 0 amide bonds. The molecule has 0 N–H and O–H groups in total.